The molecule has 24 heavy (non-hydrogen) atoms. The van der Waals surface area contributed by atoms with Crippen LogP contribution in [0.5, 0.6) is 5.75 Å². The second-order valence-corrected chi connectivity index (χ2v) is 6.40. The maximum Gasteiger partial charge on any atom is 0.387 e. The van der Waals surface area contributed by atoms with Gasteiger partial charge in [-0.05, 0) is 33.6 Å². The molecule has 1 saturated heterocycles. The van der Waals surface area contributed by atoms with Gasteiger partial charge in [-0.25, -0.2) is 9.97 Å². The van der Waals surface area contributed by atoms with E-state index in [2.05, 4.69) is 40.4 Å². The summed E-state index contributed by atoms with van der Waals surface area (Å²) in [6, 6.07) is 6.80. The molecule has 8 heteroatoms. The number of benzene rings is 1. The van der Waals surface area contributed by atoms with Gasteiger partial charge in [-0.15, -0.1) is 0 Å². The molecule has 0 atom stereocenters. The molecule has 0 amide bonds. The van der Waals surface area contributed by atoms with Crippen LogP contribution in [0.25, 0.3) is 0 Å². The number of hydrogen-bond donors (Lipinski definition) is 0. The second-order valence-electron chi connectivity index (χ2n) is 5.49. The van der Waals surface area contributed by atoms with Crippen LogP contribution in [0, 0.1) is 0 Å². The summed E-state index contributed by atoms with van der Waals surface area (Å²) in [5.41, 5.74) is 1.07. The lowest BCUT2D eigenvalue weighted by molar-refractivity contribution is -0.0498. The SMILES string of the molecule is FC(F)Oc1ccc(CN2CCN(c3ncc(Br)cn3)CC2)cc1. The summed E-state index contributed by atoms with van der Waals surface area (Å²) >= 11 is 3.33. The average molecular weight is 399 g/mol. The first-order chi connectivity index (χ1) is 11.6. The lowest BCUT2D eigenvalue weighted by Gasteiger charge is -2.34. The molecule has 0 bridgehead atoms. The van der Waals surface area contributed by atoms with Crippen LogP contribution in [0.2, 0.25) is 0 Å². The first kappa shape index (κ1) is 17.0. The topological polar surface area (TPSA) is 41.5 Å². The molecule has 0 spiro atoms. The molecule has 1 aliphatic heterocycles. The highest BCUT2D eigenvalue weighted by Crippen LogP contribution is 2.18. The van der Waals surface area contributed by atoms with Crippen molar-refractivity contribution in [3.05, 3.63) is 46.7 Å². The number of rotatable bonds is 5. The van der Waals surface area contributed by atoms with Gasteiger partial charge >= 0.3 is 6.61 Å². The van der Waals surface area contributed by atoms with E-state index in [0.29, 0.717) is 0 Å². The summed E-state index contributed by atoms with van der Waals surface area (Å²) in [6.07, 6.45) is 3.50. The molecule has 1 aromatic carbocycles. The van der Waals surface area contributed by atoms with Gasteiger partial charge in [-0.1, -0.05) is 12.1 Å². The van der Waals surface area contributed by atoms with E-state index >= 15 is 0 Å². The third kappa shape index (κ3) is 4.61. The monoisotopic (exact) mass is 398 g/mol. The second kappa shape index (κ2) is 7.85. The molecule has 1 aliphatic rings. The van der Waals surface area contributed by atoms with Gasteiger partial charge in [0.15, 0.2) is 0 Å². The Morgan fingerprint density at radius 2 is 1.67 bits per heavy atom. The van der Waals surface area contributed by atoms with E-state index in [1.165, 1.54) is 0 Å². The third-order valence-corrected chi connectivity index (χ3v) is 4.23. The molecule has 2 aromatic rings. The minimum absolute atomic E-state index is 0.186. The standard InChI is InChI=1S/C16H17BrF2N4O/c17-13-9-20-16(21-10-13)23-7-5-22(6-8-23)11-12-1-3-14(4-2-12)24-15(18)19/h1-4,9-10,15H,5-8,11H2. The molecule has 0 unspecified atom stereocenters. The normalized spacial score (nSPS) is 15.8. The van der Waals surface area contributed by atoms with Crippen LogP contribution in [0.15, 0.2) is 41.1 Å². The van der Waals surface area contributed by atoms with Crippen LogP contribution in [-0.2, 0) is 6.54 Å². The highest BCUT2D eigenvalue weighted by atomic mass is 79.9. The molecular formula is C16H17BrF2N4O. The van der Waals surface area contributed by atoms with Crippen LogP contribution in [0.1, 0.15) is 5.56 Å². The average Bonchev–Trinajstić information content (AvgIpc) is 2.58. The van der Waals surface area contributed by atoms with Gasteiger partial charge in [0.25, 0.3) is 0 Å². The Hall–Kier alpha value is -1.80. The van der Waals surface area contributed by atoms with Crippen LogP contribution in [0.4, 0.5) is 14.7 Å². The summed E-state index contributed by atoms with van der Waals surface area (Å²) < 4.78 is 29.5. The van der Waals surface area contributed by atoms with Crippen LogP contribution in [0.3, 0.4) is 0 Å². The zero-order valence-electron chi connectivity index (χ0n) is 12.9. The Morgan fingerprint density at radius 3 is 2.25 bits per heavy atom. The van der Waals surface area contributed by atoms with Crippen LogP contribution < -0.4 is 9.64 Å². The van der Waals surface area contributed by atoms with E-state index in [-0.39, 0.29) is 5.75 Å². The van der Waals surface area contributed by atoms with Gasteiger partial charge in [0.1, 0.15) is 5.75 Å². The zero-order chi connectivity index (χ0) is 16.9. The van der Waals surface area contributed by atoms with E-state index in [1.807, 2.05) is 12.1 Å². The Kier molecular flexibility index (Phi) is 5.57. The van der Waals surface area contributed by atoms with E-state index in [1.54, 1.807) is 24.5 Å². The molecule has 2 heterocycles. The minimum atomic E-state index is -2.79. The van der Waals surface area contributed by atoms with Gasteiger partial charge in [-0.2, -0.15) is 8.78 Å². The van der Waals surface area contributed by atoms with Crippen molar-refractivity contribution in [3.63, 3.8) is 0 Å². The number of piperazine rings is 1. The van der Waals surface area contributed by atoms with Gasteiger partial charge in [0.05, 0.1) is 4.47 Å². The fourth-order valence-corrected chi connectivity index (χ4v) is 2.81. The van der Waals surface area contributed by atoms with Crippen LogP contribution in [-0.4, -0.2) is 47.7 Å². The maximum absolute atomic E-state index is 12.1. The summed E-state index contributed by atoms with van der Waals surface area (Å²) in [6.45, 7) is 1.50. The zero-order valence-corrected chi connectivity index (χ0v) is 14.5. The number of ether oxygens (including phenoxy) is 1. The molecule has 0 aliphatic carbocycles. The van der Waals surface area contributed by atoms with Crippen molar-refractivity contribution in [3.8, 4) is 5.75 Å². The number of aromatic nitrogens is 2. The molecular weight excluding hydrogens is 382 g/mol. The third-order valence-electron chi connectivity index (χ3n) is 3.82. The van der Waals surface area contributed by atoms with E-state index < -0.39 is 6.61 Å². The molecule has 0 saturated carbocycles. The Balaban J connectivity index is 1.51. The Labute approximate surface area is 147 Å². The predicted octanol–water partition coefficient (Wildman–Crippen LogP) is 3.16. The predicted molar refractivity (Wildman–Crippen MR) is 90.3 cm³/mol. The molecule has 5 nitrogen and oxygen atoms in total. The quantitative estimate of drug-likeness (QED) is 0.773. The largest absolute Gasteiger partial charge is 0.435 e. The number of hydrogen-bond acceptors (Lipinski definition) is 5. The molecule has 0 radical (unpaired) electrons. The van der Waals surface area contributed by atoms with Crippen molar-refractivity contribution in [1.29, 1.82) is 0 Å². The summed E-state index contributed by atoms with van der Waals surface area (Å²) in [7, 11) is 0. The van der Waals surface area contributed by atoms with Crippen molar-refractivity contribution in [1.82, 2.24) is 14.9 Å². The van der Waals surface area contributed by atoms with E-state index in [4.69, 9.17) is 0 Å². The number of nitrogens with zero attached hydrogens (tertiary/aromatic N) is 4. The molecule has 1 fully saturated rings. The fourth-order valence-electron chi connectivity index (χ4n) is 2.61. The van der Waals surface area contributed by atoms with Crippen molar-refractivity contribution in [2.24, 2.45) is 0 Å². The van der Waals surface area contributed by atoms with Gasteiger partial charge in [0, 0.05) is 45.1 Å². The minimum Gasteiger partial charge on any atom is -0.435 e. The van der Waals surface area contributed by atoms with Crippen molar-refractivity contribution < 1.29 is 13.5 Å². The lowest BCUT2D eigenvalue weighted by atomic mass is 10.2. The molecule has 3 rings (SSSR count). The number of alkyl halides is 2. The maximum atomic E-state index is 12.1. The van der Waals surface area contributed by atoms with Crippen molar-refractivity contribution >= 4 is 21.9 Å². The van der Waals surface area contributed by atoms with Crippen LogP contribution >= 0.6 is 15.9 Å². The Morgan fingerprint density at radius 1 is 1.04 bits per heavy atom. The number of anilines is 1. The highest BCUT2D eigenvalue weighted by molar-refractivity contribution is 9.10. The number of halogens is 3. The van der Waals surface area contributed by atoms with Gasteiger partial charge in [0.2, 0.25) is 5.95 Å². The molecule has 1 aromatic heterocycles. The van der Waals surface area contributed by atoms with Crippen molar-refractivity contribution in [2.75, 3.05) is 31.1 Å². The Bertz CT molecular complexity index is 646. The molecule has 128 valence electrons. The molecule has 0 N–H and O–H groups in total. The summed E-state index contributed by atoms with van der Waals surface area (Å²) in [5.74, 6) is 0.928. The van der Waals surface area contributed by atoms with Crippen molar-refractivity contribution in [2.45, 2.75) is 13.2 Å². The van der Waals surface area contributed by atoms with Gasteiger partial charge < -0.3 is 9.64 Å². The highest BCUT2D eigenvalue weighted by Gasteiger charge is 2.19. The first-order valence-electron chi connectivity index (χ1n) is 7.59. The lowest BCUT2D eigenvalue weighted by Crippen LogP contribution is -2.46. The van der Waals surface area contributed by atoms with E-state index in [0.717, 1.165) is 48.7 Å². The summed E-state index contributed by atoms with van der Waals surface area (Å²) in [5, 5.41) is 0. The first-order valence-corrected chi connectivity index (χ1v) is 8.38. The summed E-state index contributed by atoms with van der Waals surface area (Å²) in [4.78, 5) is 13.1. The van der Waals surface area contributed by atoms with Gasteiger partial charge in [-0.3, -0.25) is 4.90 Å². The smallest absolute Gasteiger partial charge is 0.387 e. The van der Waals surface area contributed by atoms with E-state index in [9.17, 15) is 8.78 Å². The fraction of sp³-hybridized carbons (Fsp3) is 0.375.